The number of rotatable bonds is 16. The molecule has 0 radical (unpaired) electrons. The van der Waals surface area contributed by atoms with E-state index in [0.29, 0.717) is 36.0 Å². The zero-order valence-electron chi connectivity index (χ0n) is 22.8. The number of hydrogen-bond donors (Lipinski definition) is 1. The number of sulfonamides is 1. The molecule has 0 heterocycles. The monoisotopic (exact) mass is 565 g/mol. The van der Waals surface area contributed by atoms with Gasteiger partial charge < -0.3 is 15.0 Å². The Morgan fingerprint density at radius 1 is 1.03 bits per heavy atom. The second-order valence-electron chi connectivity index (χ2n) is 9.05. The topological polar surface area (TPSA) is 96.0 Å². The van der Waals surface area contributed by atoms with E-state index in [1.54, 1.807) is 35.2 Å². The van der Waals surface area contributed by atoms with Gasteiger partial charge in [0, 0.05) is 31.1 Å². The Bertz CT molecular complexity index is 1140. The van der Waals surface area contributed by atoms with Crippen LogP contribution in [0, 0.1) is 0 Å². The molecule has 2 rings (SSSR count). The number of ether oxygens (including phenoxy) is 1. The van der Waals surface area contributed by atoms with Crippen molar-refractivity contribution < 1.29 is 22.7 Å². The molecule has 1 unspecified atom stereocenters. The zero-order valence-corrected chi connectivity index (χ0v) is 24.4. The number of halogens is 1. The van der Waals surface area contributed by atoms with Crippen LogP contribution < -0.4 is 14.4 Å². The predicted molar refractivity (Wildman–Crippen MR) is 153 cm³/mol. The number of carbonyl (C=O) groups excluding carboxylic acids is 2. The molecule has 0 bridgehead atoms. The van der Waals surface area contributed by atoms with E-state index in [4.69, 9.17) is 16.3 Å². The molecule has 0 aromatic heterocycles. The normalized spacial score (nSPS) is 12.0. The Morgan fingerprint density at radius 2 is 1.71 bits per heavy atom. The SMILES string of the molecule is CCCCNC(=O)C(CC)N(Cc1ccccc1Cl)C(=O)CCCN(c1ccc(OCC)cc1)S(C)(=O)=O. The highest BCUT2D eigenvalue weighted by molar-refractivity contribution is 7.92. The van der Waals surface area contributed by atoms with Gasteiger partial charge >= 0.3 is 0 Å². The maximum absolute atomic E-state index is 13.5. The van der Waals surface area contributed by atoms with Gasteiger partial charge in [0.05, 0.1) is 18.6 Å². The van der Waals surface area contributed by atoms with Gasteiger partial charge in [-0.2, -0.15) is 0 Å². The maximum atomic E-state index is 13.5. The molecule has 0 aliphatic carbocycles. The first-order valence-electron chi connectivity index (χ1n) is 13.1. The van der Waals surface area contributed by atoms with Gasteiger partial charge in [-0.05, 0) is 62.1 Å². The first-order valence-corrected chi connectivity index (χ1v) is 15.4. The van der Waals surface area contributed by atoms with E-state index in [2.05, 4.69) is 5.32 Å². The molecule has 210 valence electrons. The Labute approximate surface area is 232 Å². The first-order chi connectivity index (χ1) is 18.1. The van der Waals surface area contributed by atoms with Gasteiger partial charge in [0.15, 0.2) is 0 Å². The van der Waals surface area contributed by atoms with Crippen LogP contribution in [0.2, 0.25) is 5.02 Å². The van der Waals surface area contributed by atoms with E-state index in [1.165, 1.54) is 4.31 Å². The van der Waals surface area contributed by atoms with Crippen molar-refractivity contribution in [2.45, 2.75) is 65.5 Å². The summed E-state index contributed by atoms with van der Waals surface area (Å²) in [6.07, 6.45) is 3.74. The molecule has 2 amide bonds. The van der Waals surface area contributed by atoms with E-state index in [9.17, 15) is 18.0 Å². The van der Waals surface area contributed by atoms with Gasteiger partial charge in [0.1, 0.15) is 11.8 Å². The molecule has 0 saturated heterocycles. The third-order valence-electron chi connectivity index (χ3n) is 6.10. The summed E-state index contributed by atoms with van der Waals surface area (Å²) in [5.41, 5.74) is 1.24. The molecule has 2 aromatic rings. The minimum Gasteiger partial charge on any atom is -0.494 e. The highest BCUT2D eigenvalue weighted by Crippen LogP contribution is 2.24. The molecule has 0 fully saturated rings. The minimum absolute atomic E-state index is 0.0756. The molecule has 0 aliphatic heterocycles. The molecule has 8 nitrogen and oxygen atoms in total. The van der Waals surface area contributed by atoms with Crippen molar-refractivity contribution >= 4 is 39.1 Å². The molecule has 0 saturated carbocycles. The van der Waals surface area contributed by atoms with Crippen LogP contribution in [0.3, 0.4) is 0 Å². The largest absolute Gasteiger partial charge is 0.494 e. The average molecular weight is 566 g/mol. The summed E-state index contributed by atoms with van der Waals surface area (Å²) >= 11 is 6.38. The van der Waals surface area contributed by atoms with Gasteiger partial charge in [-0.25, -0.2) is 8.42 Å². The van der Waals surface area contributed by atoms with Crippen molar-refractivity contribution in [2.24, 2.45) is 0 Å². The maximum Gasteiger partial charge on any atom is 0.242 e. The first kappa shape index (κ1) is 31.4. The van der Waals surface area contributed by atoms with E-state index >= 15 is 0 Å². The van der Waals surface area contributed by atoms with Crippen LogP contribution in [0.5, 0.6) is 5.75 Å². The second-order valence-corrected chi connectivity index (χ2v) is 11.4. The molecule has 38 heavy (non-hydrogen) atoms. The van der Waals surface area contributed by atoms with Gasteiger partial charge in [-0.3, -0.25) is 13.9 Å². The zero-order chi connectivity index (χ0) is 28.1. The molecular weight excluding hydrogens is 526 g/mol. The van der Waals surface area contributed by atoms with Crippen LogP contribution in [0.1, 0.15) is 58.4 Å². The lowest BCUT2D eigenvalue weighted by molar-refractivity contribution is -0.141. The Balaban J connectivity index is 2.19. The lowest BCUT2D eigenvalue weighted by Crippen LogP contribution is -2.49. The third-order valence-corrected chi connectivity index (χ3v) is 7.66. The molecule has 2 aromatic carbocycles. The summed E-state index contributed by atoms with van der Waals surface area (Å²) in [5, 5.41) is 3.45. The van der Waals surface area contributed by atoms with Crippen molar-refractivity contribution in [1.29, 1.82) is 0 Å². The lowest BCUT2D eigenvalue weighted by atomic mass is 10.1. The summed E-state index contributed by atoms with van der Waals surface area (Å²) in [4.78, 5) is 28.1. The van der Waals surface area contributed by atoms with E-state index in [0.717, 1.165) is 24.7 Å². The van der Waals surface area contributed by atoms with Gasteiger partial charge in [-0.15, -0.1) is 0 Å². The molecule has 0 spiro atoms. The van der Waals surface area contributed by atoms with Crippen molar-refractivity contribution in [3.05, 3.63) is 59.1 Å². The van der Waals surface area contributed by atoms with E-state index < -0.39 is 16.1 Å². The quantitative estimate of drug-likeness (QED) is 0.289. The summed E-state index contributed by atoms with van der Waals surface area (Å²) in [5.74, 6) is 0.217. The predicted octanol–water partition coefficient (Wildman–Crippen LogP) is 5.01. The highest BCUT2D eigenvalue weighted by atomic mass is 35.5. The Kier molecular flexibility index (Phi) is 12.9. The number of hydrogen-bond acceptors (Lipinski definition) is 5. The number of amides is 2. The summed E-state index contributed by atoms with van der Waals surface area (Å²) in [6.45, 7) is 7.16. The van der Waals surface area contributed by atoms with Crippen LogP contribution in [0.15, 0.2) is 48.5 Å². The Morgan fingerprint density at radius 3 is 2.29 bits per heavy atom. The number of anilines is 1. The van der Waals surface area contributed by atoms with Crippen molar-refractivity contribution in [3.8, 4) is 5.75 Å². The molecule has 1 atom stereocenters. The number of nitrogens with zero attached hydrogens (tertiary/aromatic N) is 2. The smallest absolute Gasteiger partial charge is 0.242 e. The summed E-state index contributed by atoms with van der Waals surface area (Å²) in [6, 6.07) is 13.4. The second kappa shape index (κ2) is 15.6. The number of unbranched alkanes of at least 4 members (excludes halogenated alkanes) is 1. The molecule has 1 N–H and O–H groups in total. The van der Waals surface area contributed by atoms with Gasteiger partial charge in [0.2, 0.25) is 21.8 Å². The molecular formula is C28H40ClN3O5S. The number of carbonyl (C=O) groups is 2. The fourth-order valence-corrected chi connectivity index (χ4v) is 5.28. The van der Waals surface area contributed by atoms with Crippen molar-refractivity contribution in [2.75, 3.05) is 30.3 Å². The molecule has 0 aliphatic rings. The van der Waals surface area contributed by atoms with Crippen LogP contribution in [0.25, 0.3) is 0 Å². The Hall–Kier alpha value is -2.78. The highest BCUT2D eigenvalue weighted by Gasteiger charge is 2.29. The van der Waals surface area contributed by atoms with Crippen LogP contribution in [-0.4, -0.2) is 57.1 Å². The molecule has 10 heteroatoms. The van der Waals surface area contributed by atoms with Crippen molar-refractivity contribution in [1.82, 2.24) is 10.2 Å². The number of benzene rings is 2. The standard InChI is InChI=1S/C28H40ClN3O5S/c1-5-8-19-30-28(34)26(6-2)31(21-22-12-9-10-13-25(22)29)27(33)14-11-20-32(38(4,35)36)23-15-17-24(18-16-23)37-7-3/h9-10,12-13,15-18,26H,5-8,11,14,19-21H2,1-4H3,(H,30,34). The van der Waals surface area contributed by atoms with Crippen molar-refractivity contribution in [3.63, 3.8) is 0 Å². The van der Waals surface area contributed by atoms with Crippen LogP contribution >= 0.6 is 11.6 Å². The van der Waals surface area contributed by atoms with Gasteiger partial charge in [-0.1, -0.05) is 50.1 Å². The fraction of sp³-hybridized carbons (Fsp3) is 0.500. The number of nitrogens with one attached hydrogen (secondary N) is 1. The minimum atomic E-state index is -3.58. The lowest BCUT2D eigenvalue weighted by Gasteiger charge is -2.31. The van der Waals surface area contributed by atoms with Gasteiger partial charge in [0.25, 0.3) is 0 Å². The summed E-state index contributed by atoms with van der Waals surface area (Å²) in [7, 11) is -3.58. The van der Waals surface area contributed by atoms with Crippen LogP contribution in [-0.2, 0) is 26.2 Å². The van der Waals surface area contributed by atoms with E-state index in [1.807, 2.05) is 39.0 Å². The fourth-order valence-electron chi connectivity index (χ4n) is 4.12. The third kappa shape index (κ3) is 9.51. The average Bonchev–Trinajstić information content (AvgIpc) is 2.88. The van der Waals surface area contributed by atoms with Crippen LogP contribution in [0.4, 0.5) is 5.69 Å². The summed E-state index contributed by atoms with van der Waals surface area (Å²) < 4.78 is 31.8. The van der Waals surface area contributed by atoms with E-state index in [-0.39, 0.29) is 37.7 Å².